The Morgan fingerprint density at radius 1 is 1.20 bits per heavy atom. The lowest BCUT2D eigenvalue weighted by Gasteiger charge is -2.34. The van der Waals surface area contributed by atoms with Crippen molar-refractivity contribution in [2.75, 3.05) is 19.6 Å². The van der Waals surface area contributed by atoms with E-state index in [2.05, 4.69) is 10.3 Å². The van der Waals surface area contributed by atoms with Crippen LogP contribution in [-0.4, -0.2) is 58.1 Å². The fraction of sp³-hybridized carbons (Fsp3) is 0.455. The van der Waals surface area contributed by atoms with Gasteiger partial charge in [0.15, 0.2) is 0 Å². The zero-order valence-corrected chi connectivity index (χ0v) is 16.8. The van der Waals surface area contributed by atoms with E-state index in [0.717, 1.165) is 18.4 Å². The Morgan fingerprint density at radius 3 is 2.83 bits per heavy atom. The molecule has 0 bridgehead atoms. The van der Waals surface area contributed by atoms with Gasteiger partial charge in [-0.05, 0) is 48.9 Å². The van der Waals surface area contributed by atoms with Crippen molar-refractivity contribution in [2.24, 2.45) is 5.92 Å². The monoisotopic (exact) mass is 410 g/mol. The Bertz CT molecular complexity index is 945. The molecule has 3 atom stereocenters. The summed E-state index contributed by atoms with van der Waals surface area (Å²) in [5.74, 6) is 0.0900. The fourth-order valence-corrected chi connectivity index (χ4v) is 4.16. The summed E-state index contributed by atoms with van der Waals surface area (Å²) in [5, 5.41) is 2.95. The van der Waals surface area contributed by atoms with Crippen LogP contribution in [0.3, 0.4) is 0 Å². The number of hydrogen-bond acceptors (Lipinski definition) is 5. The predicted molar refractivity (Wildman–Crippen MR) is 110 cm³/mol. The first-order valence-electron chi connectivity index (χ1n) is 10.4. The van der Waals surface area contributed by atoms with Gasteiger partial charge in [0.1, 0.15) is 12.6 Å². The number of piperidine rings is 1. The second-order valence-electron chi connectivity index (χ2n) is 7.85. The predicted octanol–water partition coefficient (Wildman–Crippen LogP) is 0.608. The van der Waals surface area contributed by atoms with E-state index in [1.807, 2.05) is 12.1 Å². The van der Waals surface area contributed by atoms with Crippen LogP contribution in [0.4, 0.5) is 0 Å². The molecule has 0 aromatic carbocycles. The van der Waals surface area contributed by atoms with E-state index >= 15 is 0 Å². The van der Waals surface area contributed by atoms with Crippen molar-refractivity contribution >= 4 is 11.8 Å². The Morgan fingerprint density at radius 2 is 2.03 bits per heavy atom. The third-order valence-electron chi connectivity index (χ3n) is 5.86. The van der Waals surface area contributed by atoms with Crippen LogP contribution in [0.25, 0.3) is 0 Å². The molecule has 2 aromatic heterocycles. The van der Waals surface area contributed by atoms with Crippen molar-refractivity contribution in [3.8, 4) is 0 Å². The topological polar surface area (TPSA) is 93.5 Å². The molecule has 0 spiro atoms. The molecule has 158 valence electrons. The van der Waals surface area contributed by atoms with Crippen LogP contribution in [0.1, 0.15) is 18.4 Å². The molecular formula is C22H26N4O4. The van der Waals surface area contributed by atoms with Crippen molar-refractivity contribution in [3.05, 3.63) is 64.8 Å². The number of nitrogens with zero attached hydrogens (tertiary/aromatic N) is 3. The fourth-order valence-electron chi connectivity index (χ4n) is 4.16. The van der Waals surface area contributed by atoms with Crippen LogP contribution in [-0.2, 0) is 27.3 Å². The highest BCUT2D eigenvalue weighted by Gasteiger charge is 2.42. The van der Waals surface area contributed by atoms with Crippen molar-refractivity contribution in [1.29, 1.82) is 0 Å². The van der Waals surface area contributed by atoms with E-state index in [1.54, 1.807) is 35.6 Å². The van der Waals surface area contributed by atoms with E-state index in [9.17, 15) is 14.4 Å². The Hall–Kier alpha value is -3.00. The minimum atomic E-state index is -0.468. The second kappa shape index (κ2) is 9.21. The molecule has 8 heteroatoms. The first-order valence-corrected chi connectivity index (χ1v) is 10.4. The van der Waals surface area contributed by atoms with E-state index in [0.29, 0.717) is 26.1 Å². The first kappa shape index (κ1) is 20.3. The Balaban J connectivity index is 1.26. The van der Waals surface area contributed by atoms with Crippen molar-refractivity contribution < 1.29 is 14.3 Å². The maximum Gasteiger partial charge on any atom is 0.250 e. The molecule has 30 heavy (non-hydrogen) atoms. The minimum Gasteiger partial charge on any atom is -0.363 e. The maximum absolute atomic E-state index is 12.6. The SMILES string of the molecule is O=C(NCCc1ccncc1)C1C[C@@H]2CCN(C(=O)Cn3ccccc3=O)C[C@@H]2O1. The average molecular weight is 410 g/mol. The number of pyridine rings is 2. The van der Waals surface area contributed by atoms with Crippen LogP contribution in [0, 0.1) is 5.92 Å². The molecule has 2 aromatic rings. The Labute approximate surface area is 174 Å². The quantitative estimate of drug-likeness (QED) is 0.753. The van der Waals surface area contributed by atoms with Crippen molar-refractivity contribution in [1.82, 2.24) is 19.8 Å². The zero-order chi connectivity index (χ0) is 20.9. The lowest BCUT2D eigenvalue weighted by atomic mass is 9.91. The van der Waals surface area contributed by atoms with Crippen LogP contribution < -0.4 is 10.9 Å². The lowest BCUT2D eigenvalue weighted by molar-refractivity contribution is -0.138. The molecule has 4 heterocycles. The van der Waals surface area contributed by atoms with Gasteiger partial charge in [0.25, 0.3) is 5.56 Å². The smallest absolute Gasteiger partial charge is 0.250 e. The molecule has 0 saturated carbocycles. The van der Waals surface area contributed by atoms with E-state index in [1.165, 1.54) is 10.6 Å². The number of aromatic nitrogens is 2. The zero-order valence-electron chi connectivity index (χ0n) is 16.8. The number of carbonyl (C=O) groups excluding carboxylic acids is 2. The maximum atomic E-state index is 12.6. The molecule has 8 nitrogen and oxygen atoms in total. The number of likely N-dealkylation sites (tertiary alicyclic amines) is 1. The largest absolute Gasteiger partial charge is 0.363 e. The number of fused-ring (bicyclic) bond motifs is 1. The van der Waals surface area contributed by atoms with Crippen LogP contribution in [0.15, 0.2) is 53.7 Å². The normalized spacial score (nSPS) is 23.1. The van der Waals surface area contributed by atoms with Crippen LogP contribution in [0.5, 0.6) is 0 Å². The van der Waals surface area contributed by atoms with Gasteiger partial charge in [-0.2, -0.15) is 0 Å². The van der Waals surface area contributed by atoms with Gasteiger partial charge in [0.05, 0.1) is 6.10 Å². The summed E-state index contributed by atoms with van der Waals surface area (Å²) in [6, 6.07) is 8.70. The van der Waals surface area contributed by atoms with Gasteiger partial charge < -0.3 is 19.5 Å². The lowest BCUT2D eigenvalue weighted by Crippen LogP contribution is -2.47. The highest BCUT2D eigenvalue weighted by Crippen LogP contribution is 2.33. The van der Waals surface area contributed by atoms with E-state index in [-0.39, 0.29) is 35.9 Å². The number of rotatable bonds is 6. The highest BCUT2D eigenvalue weighted by atomic mass is 16.5. The standard InChI is InChI=1S/C22H26N4O4/c27-20-3-1-2-11-25(20)15-21(28)26-12-7-17-13-18(30-19(17)14-26)22(29)24-10-6-16-4-8-23-9-5-16/h1-5,8-9,11,17-19H,6-7,10,12-15H2,(H,24,29)/t17-,18?,19-/m0/s1. The average Bonchev–Trinajstić information content (AvgIpc) is 3.19. The summed E-state index contributed by atoms with van der Waals surface area (Å²) in [6.45, 7) is 1.66. The summed E-state index contributed by atoms with van der Waals surface area (Å²) in [7, 11) is 0. The summed E-state index contributed by atoms with van der Waals surface area (Å²) < 4.78 is 7.41. The van der Waals surface area contributed by atoms with Gasteiger partial charge in [-0.25, -0.2) is 0 Å². The van der Waals surface area contributed by atoms with Crippen molar-refractivity contribution in [2.45, 2.75) is 38.0 Å². The summed E-state index contributed by atoms with van der Waals surface area (Å²) in [4.78, 5) is 42.7. The molecule has 1 unspecified atom stereocenters. The number of carbonyl (C=O) groups is 2. The number of hydrogen-bond donors (Lipinski definition) is 1. The summed E-state index contributed by atoms with van der Waals surface area (Å²) in [6.07, 6.45) is 6.73. The number of nitrogens with one attached hydrogen (secondary N) is 1. The van der Waals surface area contributed by atoms with Crippen molar-refractivity contribution in [3.63, 3.8) is 0 Å². The van der Waals surface area contributed by atoms with Gasteiger partial charge in [-0.1, -0.05) is 6.07 Å². The number of amides is 2. The molecule has 2 aliphatic heterocycles. The summed E-state index contributed by atoms with van der Waals surface area (Å²) in [5.41, 5.74) is 0.930. The van der Waals surface area contributed by atoms with E-state index < -0.39 is 6.10 Å². The van der Waals surface area contributed by atoms with E-state index in [4.69, 9.17) is 4.74 Å². The molecule has 0 radical (unpaired) electrons. The molecule has 2 aliphatic rings. The van der Waals surface area contributed by atoms with Crippen LogP contribution >= 0.6 is 0 Å². The minimum absolute atomic E-state index is 0.0238. The molecular weight excluding hydrogens is 384 g/mol. The number of ether oxygens (including phenoxy) is 1. The van der Waals surface area contributed by atoms with Crippen LogP contribution in [0.2, 0.25) is 0 Å². The molecule has 0 aliphatic carbocycles. The first-order chi connectivity index (χ1) is 14.6. The third kappa shape index (κ3) is 4.76. The van der Waals surface area contributed by atoms with Gasteiger partial charge in [-0.15, -0.1) is 0 Å². The van der Waals surface area contributed by atoms with Gasteiger partial charge in [0.2, 0.25) is 11.8 Å². The van der Waals surface area contributed by atoms with Gasteiger partial charge in [0, 0.05) is 44.3 Å². The third-order valence-corrected chi connectivity index (χ3v) is 5.86. The molecule has 2 fully saturated rings. The molecule has 1 N–H and O–H groups in total. The molecule has 2 saturated heterocycles. The molecule has 4 rings (SSSR count). The second-order valence-corrected chi connectivity index (χ2v) is 7.85. The highest BCUT2D eigenvalue weighted by molar-refractivity contribution is 5.81. The molecule has 2 amide bonds. The van der Waals surface area contributed by atoms with Gasteiger partial charge in [-0.3, -0.25) is 19.4 Å². The Kier molecular flexibility index (Phi) is 6.23. The summed E-state index contributed by atoms with van der Waals surface area (Å²) >= 11 is 0. The van der Waals surface area contributed by atoms with Gasteiger partial charge >= 0.3 is 0 Å².